The number of nitrogens with two attached hydrogens (primary N) is 2. The van der Waals surface area contributed by atoms with Gasteiger partial charge in [-0.15, -0.1) is 11.8 Å². The van der Waals surface area contributed by atoms with Crippen LogP contribution in [0.5, 0.6) is 0 Å². The van der Waals surface area contributed by atoms with Crippen molar-refractivity contribution in [3.05, 3.63) is 23.4 Å². The molecule has 3 aliphatic heterocycles. The van der Waals surface area contributed by atoms with Gasteiger partial charge in [0.1, 0.15) is 11.3 Å². The van der Waals surface area contributed by atoms with Crippen LogP contribution >= 0.6 is 11.8 Å². The summed E-state index contributed by atoms with van der Waals surface area (Å²) in [5, 5.41) is 8.69. The molecular weight excluding hydrogens is 334 g/mol. The number of hydrogen-bond acceptors (Lipinski definition) is 7. The summed E-state index contributed by atoms with van der Waals surface area (Å²) in [5.74, 6) is -2.93. The molecular formula is C15H19N3O5S. The number of rotatable bonds is 4. The van der Waals surface area contributed by atoms with E-state index in [0.717, 1.165) is 11.8 Å². The van der Waals surface area contributed by atoms with E-state index in [1.54, 1.807) is 6.92 Å². The fraction of sp³-hybridized carbons (Fsp3) is 0.533. The van der Waals surface area contributed by atoms with E-state index >= 15 is 0 Å². The highest BCUT2D eigenvalue weighted by Crippen LogP contribution is 2.47. The molecule has 4 atom stereocenters. The fourth-order valence-electron chi connectivity index (χ4n) is 3.03. The molecule has 0 spiro atoms. The summed E-state index contributed by atoms with van der Waals surface area (Å²) in [4.78, 5) is 36.3. The molecule has 3 heterocycles. The van der Waals surface area contributed by atoms with Crippen LogP contribution in [-0.2, 0) is 19.1 Å². The average molecular weight is 353 g/mol. The molecule has 8 nitrogen and oxygen atoms in total. The zero-order valence-electron chi connectivity index (χ0n) is 13.1. The van der Waals surface area contributed by atoms with Crippen LogP contribution in [0.4, 0.5) is 0 Å². The van der Waals surface area contributed by atoms with Crippen molar-refractivity contribution < 1.29 is 24.2 Å². The van der Waals surface area contributed by atoms with Crippen LogP contribution in [-0.4, -0.2) is 57.2 Å². The van der Waals surface area contributed by atoms with E-state index in [0.29, 0.717) is 18.6 Å². The van der Waals surface area contributed by atoms with Crippen LogP contribution in [0.1, 0.15) is 13.3 Å². The molecule has 0 aromatic heterocycles. The number of ketones is 1. The van der Waals surface area contributed by atoms with E-state index in [4.69, 9.17) is 16.2 Å². The van der Waals surface area contributed by atoms with Gasteiger partial charge in [0.15, 0.2) is 5.78 Å². The van der Waals surface area contributed by atoms with Crippen molar-refractivity contribution in [3.63, 3.8) is 0 Å². The number of Topliss-reactive ketones (excluding diaryl/α,β-unsaturated/α-hetero) is 1. The maximum Gasteiger partial charge on any atom is 0.335 e. The highest BCUT2D eigenvalue weighted by Gasteiger charge is 2.57. The van der Waals surface area contributed by atoms with Crippen molar-refractivity contribution in [2.24, 2.45) is 17.4 Å². The standard InChI is InChI=1S/C15H19N3O5S/c1-15(17)8(14(21)22)5-18-12(20)9(13(18)24-15)11(19)10(16)7-3-2-4-23-6-7/h3,5,9-10,13H,2,4,6,16-17H2,1H3,(H,21,22)/t9?,10?,13-,15?/m1/s1. The Kier molecular flexibility index (Phi) is 4.28. The molecule has 0 saturated carbocycles. The number of carboxylic acid groups (broad SMARTS) is 1. The molecule has 3 rings (SSSR count). The number of aliphatic carboxylic acids is 1. The van der Waals surface area contributed by atoms with Crippen LogP contribution in [0.2, 0.25) is 0 Å². The van der Waals surface area contributed by atoms with Crippen LogP contribution in [0.3, 0.4) is 0 Å². The predicted octanol–water partition coefficient (Wildman–Crippen LogP) is -0.596. The number of β-lactam (4-membered cyclic amide) rings is 1. The lowest BCUT2D eigenvalue weighted by Gasteiger charge is -2.50. The number of thioether (sulfide) groups is 1. The van der Waals surface area contributed by atoms with Crippen molar-refractivity contribution in [1.29, 1.82) is 0 Å². The number of ether oxygens (including phenoxy) is 1. The van der Waals surface area contributed by atoms with Crippen molar-refractivity contribution in [1.82, 2.24) is 4.90 Å². The lowest BCUT2D eigenvalue weighted by Crippen LogP contribution is -2.66. The number of carbonyl (C=O) groups is 3. The smallest absolute Gasteiger partial charge is 0.335 e. The molecule has 3 aliphatic rings. The van der Waals surface area contributed by atoms with Crippen molar-refractivity contribution in [3.8, 4) is 0 Å². The van der Waals surface area contributed by atoms with Gasteiger partial charge in [-0.1, -0.05) is 6.08 Å². The van der Waals surface area contributed by atoms with Gasteiger partial charge in [0.2, 0.25) is 5.91 Å². The summed E-state index contributed by atoms with van der Waals surface area (Å²) in [6.07, 6.45) is 3.78. The van der Waals surface area contributed by atoms with E-state index in [1.807, 2.05) is 6.08 Å². The number of carboxylic acids is 1. The summed E-state index contributed by atoms with van der Waals surface area (Å²) in [7, 11) is 0. The van der Waals surface area contributed by atoms with Gasteiger partial charge in [0, 0.05) is 6.20 Å². The summed E-state index contributed by atoms with van der Waals surface area (Å²) in [6, 6.07) is -0.893. The number of nitrogens with zero attached hydrogens (tertiary/aromatic N) is 1. The lowest BCUT2D eigenvalue weighted by molar-refractivity contribution is -0.152. The Bertz CT molecular complexity index is 672. The zero-order chi connectivity index (χ0) is 17.6. The SMILES string of the molecule is CC1(N)S[C@@H]2C(C(=O)C(N)C3=CCCOC3)C(=O)N2C=C1C(=O)O. The van der Waals surface area contributed by atoms with Crippen LogP contribution in [0.25, 0.3) is 0 Å². The number of hydrogen-bond donors (Lipinski definition) is 3. The topological polar surface area (TPSA) is 136 Å². The molecule has 1 fully saturated rings. The van der Waals surface area contributed by atoms with Gasteiger partial charge in [-0.2, -0.15) is 0 Å². The van der Waals surface area contributed by atoms with Crippen LogP contribution in [0.15, 0.2) is 23.4 Å². The Morgan fingerprint density at radius 3 is 2.83 bits per heavy atom. The minimum Gasteiger partial charge on any atom is -0.478 e. The Hall–Kier alpha value is -1.68. The first kappa shape index (κ1) is 17.2. The van der Waals surface area contributed by atoms with Gasteiger partial charge in [-0.3, -0.25) is 9.59 Å². The minimum atomic E-state index is -1.19. The molecule has 1 amide bonds. The van der Waals surface area contributed by atoms with Gasteiger partial charge in [0.05, 0.1) is 29.7 Å². The Morgan fingerprint density at radius 1 is 1.54 bits per heavy atom. The number of amides is 1. The van der Waals surface area contributed by atoms with Crippen molar-refractivity contribution >= 4 is 29.4 Å². The Balaban J connectivity index is 1.81. The lowest BCUT2D eigenvalue weighted by atomic mass is 9.86. The third-order valence-electron chi connectivity index (χ3n) is 4.43. The van der Waals surface area contributed by atoms with Crippen molar-refractivity contribution in [2.45, 2.75) is 29.6 Å². The largest absolute Gasteiger partial charge is 0.478 e. The number of carbonyl (C=O) groups excluding carboxylic acids is 2. The summed E-state index contributed by atoms with van der Waals surface area (Å²) >= 11 is 1.09. The molecule has 130 valence electrons. The summed E-state index contributed by atoms with van der Waals surface area (Å²) in [5.41, 5.74) is 12.7. The maximum atomic E-state index is 12.7. The van der Waals surface area contributed by atoms with E-state index in [-0.39, 0.29) is 18.0 Å². The van der Waals surface area contributed by atoms with Crippen molar-refractivity contribution in [2.75, 3.05) is 13.2 Å². The summed E-state index contributed by atoms with van der Waals surface area (Å²) in [6.45, 7) is 2.43. The van der Waals surface area contributed by atoms with E-state index in [9.17, 15) is 19.5 Å². The molecule has 24 heavy (non-hydrogen) atoms. The van der Waals surface area contributed by atoms with Gasteiger partial charge < -0.3 is 26.2 Å². The second-order valence-electron chi connectivity index (χ2n) is 6.19. The highest BCUT2D eigenvalue weighted by atomic mass is 32.2. The second-order valence-corrected chi connectivity index (χ2v) is 7.75. The Labute approximate surface area is 142 Å². The fourth-order valence-corrected chi connectivity index (χ4v) is 4.46. The first-order valence-corrected chi connectivity index (χ1v) is 8.42. The zero-order valence-corrected chi connectivity index (χ0v) is 13.9. The maximum absolute atomic E-state index is 12.7. The quantitative estimate of drug-likeness (QED) is 0.346. The third kappa shape index (κ3) is 2.67. The van der Waals surface area contributed by atoms with E-state index in [1.165, 1.54) is 11.1 Å². The van der Waals surface area contributed by atoms with Gasteiger partial charge >= 0.3 is 5.97 Å². The highest BCUT2D eigenvalue weighted by molar-refractivity contribution is 8.01. The van der Waals surface area contributed by atoms with Crippen LogP contribution < -0.4 is 11.5 Å². The van der Waals surface area contributed by atoms with Gasteiger partial charge in [-0.05, 0) is 18.9 Å². The molecule has 5 N–H and O–H groups in total. The normalized spacial score (nSPS) is 33.8. The summed E-state index contributed by atoms with van der Waals surface area (Å²) < 4.78 is 5.30. The van der Waals surface area contributed by atoms with E-state index in [2.05, 4.69) is 0 Å². The third-order valence-corrected chi connectivity index (χ3v) is 5.88. The average Bonchev–Trinajstić information content (AvgIpc) is 2.53. The molecule has 0 aliphatic carbocycles. The Morgan fingerprint density at radius 2 is 2.25 bits per heavy atom. The first-order chi connectivity index (χ1) is 11.2. The molecule has 3 unspecified atom stereocenters. The molecule has 9 heteroatoms. The predicted molar refractivity (Wildman–Crippen MR) is 86.5 cm³/mol. The van der Waals surface area contributed by atoms with Gasteiger partial charge in [0.25, 0.3) is 0 Å². The molecule has 0 bridgehead atoms. The molecule has 0 aromatic carbocycles. The van der Waals surface area contributed by atoms with Crippen LogP contribution in [0, 0.1) is 5.92 Å². The first-order valence-electron chi connectivity index (χ1n) is 7.54. The monoisotopic (exact) mass is 353 g/mol. The molecule has 0 aromatic rings. The van der Waals surface area contributed by atoms with E-state index < -0.39 is 34.1 Å². The number of fused-ring (bicyclic) bond motifs is 1. The minimum absolute atomic E-state index is 0.0734. The molecule has 0 radical (unpaired) electrons. The second kappa shape index (κ2) is 5.99. The van der Waals surface area contributed by atoms with Gasteiger partial charge in [-0.25, -0.2) is 4.79 Å². The molecule has 1 saturated heterocycles.